The van der Waals surface area contributed by atoms with Crippen molar-refractivity contribution in [1.82, 2.24) is 25.7 Å². The SMILES string of the molecule is CCOC(=O)CSc1nnc(NC(=O)c2n[nH]c3c2CNCC3)s1. The van der Waals surface area contributed by atoms with E-state index in [1.807, 2.05) is 0 Å². The van der Waals surface area contributed by atoms with Crippen LogP contribution < -0.4 is 10.6 Å². The summed E-state index contributed by atoms with van der Waals surface area (Å²) >= 11 is 2.43. The molecule has 9 nitrogen and oxygen atoms in total. The van der Waals surface area contributed by atoms with Gasteiger partial charge in [0.1, 0.15) is 0 Å². The van der Waals surface area contributed by atoms with Crippen molar-refractivity contribution in [3.63, 3.8) is 0 Å². The highest BCUT2D eigenvalue weighted by atomic mass is 32.2. The molecule has 0 saturated carbocycles. The van der Waals surface area contributed by atoms with Gasteiger partial charge in [0.15, 0.2) is 10.0 Å². The molecule has 0 atom stereocenters. The lowest BCUT2D eigenvalue weighted by atomic mass is 10.1. The van der Waals surface area contributed by atoms with Gasteiger partial charge < -0.3 is 10.1 Å². The number of ether oxygens (including phenoxy) is 1. The number of aromatic nitrogens is 4. The molecule has 0 aliphatic carbocycles. The van der Waals surface area contributed by atoms with Gasteiger partial charge in [0.25, 0.3) is 5.91 Å². The van der Waals surface area contributed by atoms with Crippen molar-refractivity contribution >= 4 is 40.1 Å². The molecule has 2 aromatic heterocycles. The topological polar surface area (TPSA) is 122 Å². The molecule has 3 heterocycles. The van der Waals surface area contributed by atoms with E-state index < -0.39 is 0 Å². The van der Waals surface area contributed by atoms with E-state index in [-0.39, 0.29) is 17.6 Å². The van der Waals surface area contributed by atoms with E-state index in [0.29, 0.717) is 28.3 Å². The van der Waals surface area contributed by atoms with Crippen LogP contribution in [0.3, 0.4) is 0 Å². The number of fused-ring (bicyclic) bond motifs is 1. The number of hydrogen-bond acceptors (Lipinski definition) is 9. The lowest BCUT2D eigenvalue weighted by molar-refractivity contribution is -0.139. The highest BCUT2D eigenvalue weighted by Crippen LogP contribution is 2.26. The first-order valence-corrected chi connectivity index (χ1v) is 9.17. The molecule has 128 valence electrons. The van der Waals surface area contributed by atoms with E-state index >= 15 is 0 Å². The first-order chi connectivity index (χ1) is 11.7. The molecule has 1 amide bonds. The molecule has 0 aromatic carbocycles. The fourth-order valence-electron chi connectivity index (χ4n) is 2.21. The third-order valence-electron chi connectivity index (χ3n) is 3.27. The molecular weight excluding hydrogens is 352 g/mol. The zero-order chi connectivity index (χ0) is 16.9. The molecule has 3 N–H and O–H groups in total. The number of hydrogen-bond donors (Lipinski definition) is 3. The molecule has 0 spiro atoms. The number of rotatable bonds is 6. The second-order valence-electron chi connectivity index (χ2n) is 4.88. The summed E-state index contributed by atoms with van der Waals surface area (Å²) in [4.78, 5) is 23.7. The van der Waals surface area contributed by atoms with Crippen LogP contribution in [0.15, 0.2) is 4.34 Å². The average molecular weight is 368 g/mol. The Morgan fingerprint density at radius 1 is 1.42 bits per heavy atom. The number of nitrogens with one attached hydrogen (secondary N) is 3. The van der Waals surface area contributed by atoms with Crippen LogP contribution in [0.4, 0.5) is 5.13 Å². The van der Waals surface area contributed by atoms with Crippen molar-refractivity contribution in [1.29, 1.82) is 0 Å². The van der Waals surface area contributed by atoms with Crippen molar-refractivity contribution in [2.75, 3.05) is 24.2 Å². The van der Waals surface area contributed by atoms with Crippen LogP contribution in [0.5, 0.6) is 0 Å². The Balaban J connectivity index is 1.59. The van der Waals surface area contributed by atoms with Gasteiger partial charge in [0.2, 0.25) is 5.13 Å². The second-order valence-corrected chi connectivity index (χ2v) is 7.08. The van der Waals surface area contributed by atoms with Gasteiger partial charge in [-0.1, -0.05) is 23.1 Å². The van der Waals surface area contributed by atoms with Gasteiger partial charge in [-0.05, 0) is 6.92 Å². The Bertz CT molecular complexity index is 744. The minimum absolute atomic E-state index is 0.162. The standard InChI is InChI=1S/C13H16N6O3S2/c1-2-22-9(20)6-23-13-19-18-12(24-13)15-11(21)10-7-5-14-4-3-8(7)16-17-10/h14H,2-6H2,1H3,(H,16,17)(H,15,18,21). The third-order valence-corrected chi connectivity index (χ3v) is 5.21. The maximum Gasteiger partial charge on any atom is 0.316 e. The molecular formula is C13H16N6O3S2. The number of carbonyl (C=O) groups is 2. The van der Waals surface area contributed by atoms with Crippen LogP contribution in [0.1, 0.15) is 28.7 Å². The molecule has 3 rings (SSSR count). The number of carbonyl (C=O) groups excluding carboxylic acids is 2. The Morgan fingerprint density at radius 3 is 3.12 bits per heavy atom. The first kappa shape index (κ1) is 16.9. The lowest BCUT2D eigenvalue weighted by Gasteiger charge is -2.12. The van der Waals surface area contributed by atoms with E-state index in [1.165, 1.54) is 23.1 Å². The fraction of sp³-hybridized carbons (Fsp3) is 0.462. The van der Waals surface area contributed by atoms with Gasteiger partial charge in [-0.15, -0.1) is 10.2 Å². The van der Waals surface area contributed by atoms with Gasteiger partial charge >= 0.3 is 5.97 Å². The summed E-state index contributed by atoms with van der Waals surface area (Å²) in [7, 11) is 0. The Morgan fingerprint density at radius 2 is 2.29 bits per heavy atom. The predicted molar refractivity (Wildman–Crippen MR) is 89.2 cm³/mol. The van der Waals surface area contributed by atoms with E-state index in [4.69, 9.17) is 4.74 Å². The maximum absolute atomic E-state index is 12.3. The van der Waals surface area contributed by atoms with Crippen molar-refractivity contribution in [2.24, 2.45) is 0 Å². The molecule has 0 saturated heterocycles. The highest BCUT2D eigenvalue weighted by Gasteiger charge is 2.22. The van der Waals surface area contributed by atoms with Gasteiger partial charge in [0, 0.05) is 30.8 Å². The number of thioether (sulfide) groups is 1. The van der Waals surface area contributed by atoms with Crippen molar-refractivity contribution in [3.05, 3.63) is 17.0 Å². The number of anilines is 1. The summed E-state index contributed by atoms with van der Waals surface area (Å²) in [6.45, 7) is 3.59. The van der Waals surface area contributed by atoms with E-state index in [1.54, 1.807) is 6.92 Å². The zero-order valence-electron chi connectivity index (χ0n) is 12.9. The highest BCUT2D eigenvalue weighted by molar-refractivity contribution is 8.01. The summed E-state index contributed by atoms with van der Waals surface area (Å²) in [5.41, 5.74) is 2.25. The summed E-state index contributed by atoms with van der Waals surface area (Å²) in [6.07, 6.45) is 0.822. The summed E-state index contributed by atoms with van der Waals surface area (Å²) < 4.78 is 5.43. The van der Waals surface area contributed by atoms with Crippen LogP contribution in [0, 0.1) is 0 Å². The molecule has 24 heavy (non-hydrogen) atoms. The molecule has 1 aliphatic heterocycles. The minimum atomic E-state index is -0.325. The van der Waals surface area contributed by atoms with Crippen molar-refractivity contribution in [2.45, 2.75) is 24.2 Å². The minimum Gasteiger partial charge on any atom is -0.465 e. The van der Waals surface area contributed by atoms with Gasteiger partial charge in [0.05, 0.1) is 12.4 Å². The van der Waals surface area contributed by atoms with Crippen LogP contribution in [0.25, 0.3) is 0 Å². The summed E-state index contributed by atoms with van der Waals surface area (Å²) in [5.74, 6) is -0.470. The number of aromatic amines is 1. The maximum atomic E-state index is 12.3. The largest absolute Gasteiger partial charge is 0.465 e. The van der Waals surface area contributed by atoms with E-state index in [0.717, 1.165) is 24.2 Å². The Hall–Kier alpha value is -1.98. The smallest absolute Gasteiger partial charge is 0.316 e. The fourth-order valence-corrected chi connectivity index (χ4v) is 3.76. The van der Waals surface area contributed by atoms with E-state index in [9.17, 15) is 9.59 Å². The lowest BCUT2D eigenvalue weighted by Crippen LogP contribution is -2.25. The van der Waals surface area contributed by atoms with Crippen LogP contribution in [-0.2, 0) is 22.5 Å². The van der Waals surface area contributed by atoms with Crippen LogP contribution >= 0.6 is 23.1 Å². The van der Waals surface area contributed by atoms with Gasteiger partial charge in [-0.2, -0.15) is 5.10 Å². The van der Waals surface area contributed by atoms with Crippen LogP contribution in [-0.4, -0.2) is 51.2 Å². The number of nitrogens with zero attached hydrogens (tertiary/aromatic N) is 3. The molecule has 0 unspecified atom stereocenters. The van der Waals surface area contributed by atoms with E-state index in [2.05, 4.69) is 31.0 Å². The number of H-pyrrole nitrogens is 1. The Labute approximate surface area is 146 Å². The van der Waals surface area contributed by atoms with Gasteiger partial charge in [-0.3, -0.25) is 20.0 Å². The van der Waals surface area contributed by atoms with Crippen molar-refractivity contribution in [3.8, 4) is 0 Å². The number of esters is 1. The van der Waals surface area contributed by atoms with Crippen LogP contribution in [0.2, 0.25) is 0 Å². The second kappa shape index (κ2) is 7.73. The molecule has 1 aliphatic rings. The normalized spacial score (nSPS) is 13.4. The number of amides is 1. The molecule has 2 aromatic rings. The molecule has 11 heteroatoms. The molecule has 0 radical (unpaired) electrons. The van der Waals surface area contributed by atoms with Crippen molar-refractivity contribution < 1.29 is 14.3 Å². The predicted octanol–water partition coefficient (Wildman–Crippen LogP) is 0.814. The summed E-state index contributed by atoms with van der Waals surface area (Å²) in [5, 5.41) is 21.1. The molecule has 0 bridgehead atoms. The first-order valence-electron chi connectivity index (χ1n) is 7.37. The monoisotopic (exact) mass is 368 g/mol. The zero-order valence-corrected chi connectivity index (χ0v) is 14.6. The molecule has 0 fully saturated rings. The Kier molecular flexibility index (Phi) is 5.43. The summed E-state index contributed by atoms with van der Waals surface area (Å²) in [6, 6.07) is 0. The quantitative estimate of drug-likeness (QED) is 0.389. The third kappa shape index (κ3) is 3.91. The average Bonchev–Trinajstić information content (AvgIpc) is 3.19. The van der Waals surface area contributed by atoms with Gasteiger partial charge in [-0.25, -0.2) is 0 Å².